The lowest BCUT2D eigenvalue weighted by Gasteiger charge is -2.12. The van der Waals surface area contributed by atoms with Crippen LogP contribution in [-0.4, -0.2) is 26.7 Å². The van der Waals surface area contributed by atoms with Crippen molar-refractivity contribution in [3.63, 3.8) is 0 Å². The molecule has 0 fully saturated rings. The molecule has 1 aromatic carbocycles. The first-order valence-corrected chi connectivity index (χ1v) is 7.20. The van der Waals surface area contributed by atoms with E-state index in [0.29, 0.717) is 16.3 Å². The highest BCUT2D eigenvalue weighted by Gasteiger charge is 2.27. The van der Waals surface area contributed by atoms with Crippen LogP contribution in [0.2, 0.25) is 5.02 Å². The number of amides is 1. The van der Waals surface area contributed by atoms with E-state index in [2.05, 4.69) is 0 Å². The average molecular weight is 292 g/mol. The first-order chi connectivity index (χ1) is 8.27. The van der Waals surface area contributed by atoms with Gasteiger partial charge in [-0.05, 0) is 25.1 Å². The lowest BCUT2D eigenvalue weighted by atomic mass is 10.2. The number of carbonyl (C=O) groups excluding carboxylic acids is 1. The summed E-state index contributed by atoms with van der Waals surface area (Å²) in [4.78, 5) is 10.9. The quantitative estimate of drug-likeness (QED) is 0.881. The summed E-state index contributed by atoms with van der Waals surface area (Å²) in [5, 5.41) is -0.853. The van der Waals surface area contributed by atoms with E-state index in [0.717, 1.165) is 0 Å². The molecule has 0 aliphatic heterocycles. The molecule has 0 unspecified atom stereocenters. The Bertz CT molecular complexity index is 556. The molecule has 5 nitrogen and oxygen atoms in total. The summed E-state index contributed by atoms with van der Waals surface area (Å²) >= 11 is 5.80. The van der Waals surface area contributed by atoms with Gasteiger partial charge in [0.15, 0.2) is 9.84 Å². The Morgan fingerprint density at radius 1 is 1.50 bits per heavy atom. The van der Waals surface area contributed by atoms with Gasteiger partial charge in [0.25, 0.3) is 0 Å². The summed E-state index contributed by atoms with van der Waals surface area (Å²) in [6, 6.07) is 4.65. The molecule has 0 bridgehead atoms. The summed E-state index contributed by atoms with van der Waals surface area (Å²) in [5.74, 6) is -0.823. The second kappa shape index (κ2) is 5.58. The zero-order valence-corrected chi connectivity index (χ0v) is 11.6. The van der Waals surface area contributed by atoms with Gasteiger partial charge in [0.1, 0.15) is 11.0 Å². The molecule has 2 N–H and O–H groups in total. The number of primary amides is 1. The molecule has 0 saturated carbocycles. The molecule has 0 aliphatic rings. The average Bonchev–Trinajstić information content (AvgIpc) is 2.27. The highest BCUT2D eigenvalue weighted by atomic mass is 35.5. The molecule has 1 amide bonds. The third kappa shape index (κ3) is 3.36. The maximum Gasteiger partial charge on any atom is 0.235 e. The lowest BCUT2D eigenvalue weighted by Crippen LogP contribution is -2.34. The largest absolute Gasteiger partial charge is 0.496 e. The number of rotatable bonds is 5. The molecule has 0 aromatic heterocycles. The maximum atomic E-state index is 11.9. The van der Waals surface area contributed by atoms with Gasteiger partial charge < -0.3 is 10.5 Å². The number of sulfone groups is 1. The minimum absolute atomic E-state index is 0.346. The molecule has 0 spiro atoms. The van der Waals surface area contributed by atoms with Crippen LogP contribution in [0.4, 0.5) is 0 Å². The number of carbonyl (C=O) groups is 1. The number of hydrogen-bond acceptors (Lipinski definition) is 4. The smallest absolute Gasteiger partial charge is 0.235 e. The Morgan fingerprint density at radius 2 is 2.11 bits per heavy atom. The number of ether oxygens (including phenoxy) is 1. The first kappa shape index (κ1) is 14.8. The third-order valence-electron chi connectivity index (χ3n) is 2.54. The number of benzene rings is 1. The van der Waals surface area contributed by atoms with Crippen LogP contribution in [0.25, 0.3) is 0 Å². The van der Waals surface area contributed by atoms with Crippen LogP contribution >= 0.6 is 11.6 Å². The normalized spacial score (nSPS) is 13.1. The Morgan fingerprint density at radius 3 is 2.61 bits per heavy atom. The number of nitrogens with two attached hydrogens (primary N) is 1. The molecule has 100 valence electrons. The molecule has 7 heteroatoms. The highest BCUT2D eigenvalue weighted by Crippen LogP contribution is 2.25. The van der Waals surface area contributed by atoms with Crippen molar-refractivity contribution in [3.8, 4) is 5.75 Å². The molecule has 0 saturated heterocycles. The van der Waals surface area contributed by atoms with Gasteiger partial charge in [-0.3, -0.25) is 4.79 Å². The van der Waals surface area contributed by atoms with Crippen molar-refractivity contribution in [3.05, 3.63) is 28.8 Å². The fourth-order valence-corrected chi connectivity index (χ4v) is 2.84. The fraction of sp³-hybridized carbons (Fsp3) is 0.364. The van der Waals surface area contributed by atoms with Gasteiger partial charge in [-0.1, -0.05) is 11.6 Å². The Kier molecular flexibility index (Phi) is 4.59. The van der Waals surface area contributed by atoms with Gasteiger partial charge in [-0.15, -0.1) is 0 Å². The zero-order valence-electron chi connectivity index (χ0n) is 10.0. The van der Waals surface area contributed by atoms with Crippen molar-refractivity contribution < 1.29 is 17.9 Å². The van der Waals surface area contributed by atoms with E-state index in [-0.39, 0.29) is 5.75 Å². The number of halogens is 1. The summed E-state index contributed by atoms with van der Waals surface area (Å²) in [6.07, 6.45) is 0. The van der Waals surface area contributed by atoms with Gasteiger partial charge in [-0.25, -0.2) is 8.42 Å². The molecule has 0 radical (unpaired) electrons. The van der Waals surface area contributed by atoms with Crippen LogP contribution in [0.15, 0.2) is 18.2 Å². The van der Waals surface area contributed by atoms with Gasteiger partial charge in [0.05, 0.1) is 12.9 Å². The summed E-state index contributed by atoms with van der Waals surface area (Å²) in [5.41, 5.74) is 5.40. The van der Waals surface area contributed by atoms with Gasteiger partial charge >= 0.3 is 0 Å². The fourth-order valence-electron chi connectivity index (χ4n) is 1.38. The van der Waals surface area contributed by atoms with Gasteiger partial charge in [0.2, 0.25) is 5.91 Å². The third-order valence-corrected chi connectivity index (χ3v) is 4.80. The molecule has 1 aromatic rings. The minimum Gasteiger partial charge on any atom is -0.496 e. The molecule has 18 heavy (non-hydrogen) atoms. The second-order valence-electron chi connectivity index (χ2n) is 3.81. The van der Waals surface area contributed by atoms with Crippen LogP contribution < -0.4 is 10.5 Å². The van der Waals surface area contributed by atoms with Gasteiger partial charge in [0, 0.05) is 10.6 Å². The SMILES string of the molecule is COc1ccc(Cl)cc1CS(=O)(=O)[C@@H](C)C(N)=O. The van der Waals surface area contributed by atoms with E-state index in [1.807, 2.05) is 0 Å². The zero-order chi connectivity index (χ0) is 13.9. The molecule has 1 rings (SSSR count). The van der Waals surface area contributed by atoms with Crippen LogP contribution in [0.5, 0.6) is 5.75 Å². The second-order valence-corrected chi connectivity index (χ2v) is 6.57. The number of methoxy groups -OCH3 is 1. The topological polar surface area (TPSA) is 86.5 Å². The van der Waals surface area contributed by atoms with Crippen LogP contribution in [0, 0.1) is 0 Å². The van der Waals surface area contributed by atoms with Crippen molar-refractivity contribution in [2.45, 2.75) is 17.9 Å². The van der Waals surface area contributed by atoms with Crippen LogP contribution in [0.1, 0.15) is 12.5 Å². The first-order valence-electron chi connectivity index (χ1n) is 5.11. The van der Waals surface area contributed by atoms with Crippen LogP contribution in [-0.2, 0) is 20.4 Å². The van der Waals surface area contributed by atoms with Crippen molar-refractivity contribution in [1.29, 1.82) is 0 Å². The van der Waals surface area contributed by atoms with Gasteiger partial charge in [-0.2, -0.15) is 0 Å². The van der Waals surface area contributed by atoms with Crippen molar-refractivity contribution in [2.24, 2.45) is 5.73 Å². The monoisotopic (exact) mass is 291 g/mol. The standard InChI is InChI=1S/C11H14ClNO4S/c1-7(11(13)14)18(15,16)6-8-5-9(12)3-4-10(8)17-2/h3-5,7H,6H2,1-2H3,(H2,13,14)/t7-/m0/s1. The van der Waals surface area contributed by atoms with E-state index in [1.165, 1.54) is 20.1 Å². The summed E-state index contributed by atoms with van der Waals surface area (Å²) < 4.78 is 28.9. The van der Waals surface area contributed by atoms with Crippen molar-refractivity contribution in [2.75, 3.05) is 7.11 Å². The Balaban J connectivity index is 3.11. The van der Waals surface area contributed by atoms with Crippen molar-refractivity contribution >= 4 is 27.3 Å². The maximum absolute atomic E-state index is 11.9. The lowest BCUT2D eigenvalue weighted by molar-refractivity contribution is -0.117. The summed E-state index contributed by atoms with van der Waals surface area (Å²) in [7, 11) is -2.25. The van der Waals surface area contributed by atoms with E-state index in [1.54, 1.807) is 12.1 Å². The predicted octanol–water partition coefficient (Wildman–Crippen LogP) is 1.14. The predicted molar refractivity (Wildman–Crippen MR) is 69.3 cm³/mol. The molecule has 1 atom stereocenters. The van der Waals surface area contributed by atoms with Crippen LogP contribution in [0.3, 0.4) is 0 Å². The minimum atomic E-state index is -3.68. The molecular formula is C11H14ClNO4S. The van der Waals surface area contributed by atoms with E-state index in [9.17, 15) is 13.2 Å². The summed E-state index contributed by atoms with van der Waals surface area (Å²) in [6.45, 7) is 1.26. The van der Waals surface area contributed by atoms with E-state index < -0.39 is 21.0 Å². The van der Waals surface area contributed by atoms with E-state index >= 15 is 0 Å². The number of hydrogen-bond donors (Lipinski definition) is 1. The van der Waals surface area contributed by atoms with E-state index in [4.69, 9.17) is 22.1 Å². The molecule has 0 heterocycles. The van der Waals surface area contributed by atoms with Crippen molar-refractivity contribution in [1.82, 2.24) is 0 Å². The molecular weight excluding hydrogens is 278 g/mol. The highest BCUT2D eigenvalue weighted by molar-refractivity contribution is 7.92. The molecule has 0 aliphatic carbocycles. The Labute approximate surface area is 111 Å². The Hall–Kier alpha value is -1.27.